The van der Waals surface area contributed by atoms with Crippen molar-refractivity contribution < 1.29 is 14.3 Å². The van der Waals surface area contributed by atoms with Crippen LogP contribution in [0.25, 0.3) is 5.69 Å². The van der Waals surface area contributed by atoms with E-state index in [4.69, 9.17) is 4.74 Å². The molecule has 7 nitrogen and oxygen atoms in total. The van der Waals surface area contributed by atoms with Crippen molar-refractivity contribution in [3.05, 3.63) is 71.3 Å². The Kier molecular flexibility index (Phi) is 6.39. The van der Waals surface area contributed by atoms with Crippen LogP contribution in [0, 0.1) is 6.92 Å². The summed E-state index contributed by atoms with van der Waals surface area (Å²) in [5.74, 6) is -0.953. The fraction of sp³-hybridized carbons (Fsp3) is 0.273. The number of anilines is 1. The predicted molar refractivity (Wildman–Crippen MR) is 110 cm³/mol. The van der Waals surface area contributed by atoms with Gasteiger partial charge < -0.3 is 10.1 Å². The Bertz CT molecular complexity index is 990. The third kappa shape index (κ3) is 4.51. The molecule has 2 heterocycles. The Balaban J connectivity index is 1.66. The van der Waals surface area contributed by atoms with Gasteiger partial charge in [0.25, 0.3) is 5.91 Å². The number of aryl methyl sites for hydroxylation is 2. The number of hydrogen-bond acceptors (Lipinski definition) is 5. The molecule has 3 aromatic rings. The second-order valence-electron chi connectivity index (χ2n) is 6.54. The van der Waals surface area contributed by atoms with Crippen LogP contribution in [0.1, 0.15) is 41.0 Å². The Morgan fingerprint density at radius 3 is 2.34 bits per heavy atom. The van der Waals surface area contributed by atoms with Crippen LogP contribution in [0.2, 0.25) is 0 Å². The molecule has 0 saturated carbocycles. The van der Waals surface area contributed by atoms with E-state index in [2.05, 4.69) is 15.4 Å². The monoisotopic (exact) mass is 392 g/mol. The van der Waals surface area contributed by atoms with Crippen molar-refractivity contribution in [2.75, 3.05) is 11.9 Å². The van der Waals surface area contributed by atoms with Gasteiger partial charge in [-0.2, -0.15) is 5.10 Å². The number of aromatic nitrogens is 3. The third-order valence-corrected chi connectivity index (χ3v) is 4.73. The molecule has 1 N–H and O–H groups in total. The second-order valence-corrected chi connectivity index (χ2v) is 6.54. The van der Waals surface area contributed by atoms with Gasteiger partial charge in [-0.05, 0) is 43.0 Å². The number of rotatable bonds is 7. The van der Waals surface area contributed by atoms with Gasteiger partial charge in [-0.1, -0.05) is 32.0 Å². The van der Waals surface area contributed by atoms with E-state index < -0.39 is 5.97 Å². The normalized spacial score (nSPS) is 10.6. The minimum Gasteiger partial charge on any atom is -0.452 e. The highest BCUT2D eigenvalue weighted by Crippen LogP contribution is 2.22. The minimum absolute atomic E-state index is 0.317. The molecule has 0 fully saturated rings. The molecule has 0 aliphatic heterocycles. The molecule has 0 atom stereocenters. The number of nitrogens with zero attached hydrogens (tertiary/aromatic N) is 3. The first-order valence-corrected chi connectivity index (χ1v) is 9.57. The van der Waals surface area contributed by atoms with Crippen molar-refractivity contribution in [1.29, 1.82) is 0 Å². The van der Waals surface area contributed by atoms with E-state index in [1.165, 1.54) is 6.20 Å². The summed E-state index contributed by atoms with van der Waals surface area (Å²) in [6.07, 6.45) is 6.35. The molecule has 29 heavy (non-hydrogen) atoms. The molecule has 3 rings (SSSR count). The lowest BCUT2D eigenvalue weighted by atomic mass is 10.0. The summed E-state index contributed by atoms with van der Waals surface area (Å²) in [5, 5.41) is 7.12. The number of benzene rings is 1. The van der Waals surface area contributed by atoms with Crippen LogP contribution in [0.5, 0.6) is 0 Å². The Morgan fingerprint density at radius 1 is 1.07 bits per heavy atom. The van der Waals surface area contributed by atoms with Crippen LogP contribution in [0.3, 0.4) is 0 Å². The molecule has 150 valence electrons. The van der Waals surface area contributed by atoms with Gasteiger partial charge in [0.1, 0.15) is 5.56 Å². The predicted octanol–water partition coefficient (Wildman–Crippen LogP) is 3.50. The van der Waals surface area contributed by atoms with Crippen molar-refractivity contribution in [1.82, 2.24) is 14.8 Å². The van der Waals surface area contributed by atoms with Gasteiger partial charge in [-0.25, -0.2) is 9.48 Å². The molecule has 7 heteroatoms. The minimum atomic E-state index is -0.586. The number of esters is 1. The number of hydrogen-bond donors (Lipinski definition) is 1. The summed E-state index contributed by atoms with van der Waals surface area (Å²) >= 11 is 0. The summed E-state index contributed by atoms with van der Waals surface area (Å²) in [6, 6.07) is 9.53. The molecule has 0 saturated heterocycles. The smallest absolute Gasteiger partial charge is 0.342 e. The van der Waals surface area contributed by atoms with Crippen molar-refractivity contribution in [3.8, 4) is 5.69 Å². The topological polar surface area (TPSA) is 86.1 Å². The van der Waals surface area contributed by atoms with Crippen molar-refractivity contribution >= 4 is 17.6 Å². The highest BCUT2D eigenvalue weighted by Gasteiger charge is 2.18. The highest BCUT2D eigenvalue weighted by atomic mass is 16.5. The second kappa shape index (κ2) is 9.14. The summed E-state index contributed by atoms with van der Waals surface area (Å²) in [5.41, 5.74) is 4.65. The lowest BCUT2D eigenvalue weighted by Gasteiger charge is -2.14. The Hall–Kier alpha value is -3.48. The van der Waals surface area contributed by atoms with Crippen LogP contribution >= 0.6 is 0 Å². The molecular weight excluding hydrogens is 368 g/mol. The Morgan fingerprint density at radius 2 is 1.72 bits per heavy atom. The number of amides is 1. The van der Waals surface area contributed by atoms with Gasteiger partial charge in [0.15, 0.2) is 6.61 Å². The maximum absolute atomic E-state index is 12.4. The van der Waals surface area contributed by atoms with Gasteiger partial charge in [0.05, 0.1) is 17.6 Å². The quantitative estimate of drug-likeness (QED) is 0.622. The van der Waals surface area contributed by atoms with Crippen LogP contribution in [0.4, 0.5) is 5.69 Å². The number of carbonyl (C=O) groups is 2. The van der Waals surface area contributed by atoms with Gasteiger partial charge in [0, 0.05) is 18.1 Å². The van der Waals surface area contributed by atoms with E-state index in [0.29, 0.717) is 11.3 Å². The van der Waals surface area contributed by atoms with Gasteiger partial charge >= 0.3 is 5.97 Å². The van der Waals surface area contributed by atoms with E-state index in [-0.39, 0.29) is 12.5 Å². The molecule has 0 unspecified atom stereocenters. The molecule has 0 bridgehead atoms. The van der Waals surface area contributed by atoms with E-state index in [1.54, 1.807) is 36.1 Å². The standard InChI is InChI=1S/C22H24N4O3/c1-4-16-7-6-8-17(5-2)21(16)25-20(27)14-29-22(28)19-13-24-26(15(19)3)18-9-11-23-12-10-18/h6-13H,4-5,14H2,1-3H3,(H,25,27). The zero-order valence-corrected chi connectivity index (χ0v) is 16.8. The molecular formula is C22H24N4O3. The molecule has 0 spiro atoms. The Labute approximate surface area is 169 Å². The van der Waals surface area contributed by atoms with Crippen LogP contribution in [-0.4, -0.2) is 33.2 Å². The first kappa shape index (κ1) is 20.3. The fourth-order valence-electron chi connectivity index (χ4n) is 3.14. The average Bonchev–Trinajstić information content (AvgIpc) is 3.14. The summed E-state index contributed by atoms with van der Waals surface area (Å²) in [4.78, 5) is 28.8. The number of carbonyl (C=O) groups excluding carboxylic acids is 2. The van der Waals surface area contributed by atoms with E-state index in [0.717, 1.165) is 35.3 Å². The summed E-state index contributed by atoms with van der Waals surface area (Å²) in [6.45, 7) is 5.48. The third-order valence-electron chi connectivity index (χ3n) is 4.73. The summed E-state index contributed by atoms with van der Waals surface area (Å²) < 4.78 is 6.85. The SMILES string of the molecule is CCc1cccc(CC)c1NC(=O)COC(=O)c1cnn(-c2ccncc2)c1C. The highest BCUT2D eigenvalue weighted by molar-refractivity contribution is 5.96. The van der Waals surface area contributed by atoms with E-state index in [9.17, 15) is 9.59 Å². The zero-order valence-electron chi connectivity index (χ0n) is 16.8. The summed E-state index contributed by atoms with van der Waals surface area (Å²) in [7, 11) is 0. The molecule has 0 aliphatic carbocycles. The van der Waals surface area contributed by atoms with Crippen molar-refractivity contribution in [2.45, 2.75) is 33.6 Å². The lowest BCUT2D eigenvalue weighted by molar-refractivity contribution is -0.119. The number of para-hydroxylation sites is 1. The molecule has 2 aromatic heterocycles. The number of nitrogens with one attached hydrogen (secondary N) is 1. The number of ether oxygens (including phenoxy) is 1. The molecule has 0 radical (unpaired) electrons. The van der Waals surface area contributed by atoms with Crippen LogP contribution in [0.15, 0.2) is 48.9 Å². The first-order chi connectivity index (χ1) is 14.0. The van der Waals surface area contributed by atoms with Crippen LogP contribution < -0.4 is 5.32 Å². The van der Waals surface area contributed by atoms with Crippen molar-refractivity contribution in [3.63, 3.8) is 0 Å². The maximum Gasteiger partial charge on any atom is 0.342 e. The number of pyridine rings is 1. The largest absolute Gasteiger partial charge is 0.452 e. The molecule has 1 amide bonds. The zero-order chi connectivity index (χ0) is 20.8. The van der Waals surface area contributed by atoms with Crippen molar-refractivity contribution in [2.24, 2.45) is 0 Å². The van der Waals surface area contributed by atoms with Gasteiger partial charge in [-0.3, -0.25) is 9.78 Å². The lowest BCUT2D eigenvalue weighted by Crippen LogP contribution is -2.22. The fourth-order valence-corrected chi connectivity index (χ4v) is 3.14. The van der Waals surface area contributed by atoms with Gasteiger partial charge in [-0.15, -0.1) is 0 Å². The van der Waals surface area contributed by atoms with E-state index >= 15 is 0 Å². The van der Waals surface area contributed by atoms with E-state index in [1.807, 2.05) is 32.0 Å². The van der Waals surface area contributed by atoms with Crippen LogP contribution in [-0.2, 0) is 22.4 Å². The first-order valence-electron chi connectivity index (χ1n) is 9.57. The average molecular weight is 392 g/mol. The molecule has 1 aromatic carbocycles. The maximum atomic E-state index is 12.4. The molecule has 0 aliphatic rings. The van der Waals surface area contributed by atoms with Gasteiger partial charge in [0.2, 0.25) is 0 Å².